The number of hydrogen-bond donors (Lipinski definition) is 1. The van der Waals surface area contributed by atoms with Gasteiger partial charge in [-0.2, -0.15) is 0 Å². The van der Waals surface area contributed by atoms with Crippen LogP contribution < -0.4 is 4.74 Å². The normalized spacial score (nSPS) is 29.6. The highest BCUT2D eigenvalue weighted by Gasteiger charge is 2.80. The molecule has 3 heterocycles. The number of likely N-dealkylation sites (tertiary alicyclic amines) is 1. The number of ether oxygens (including phenoxy) is 1. The number of rotatable bonds is 7. The summed E-state index contributed by atoms with van der Waals surface area (Å²) in [6.45, 7) is 1.42. The van der Waals surface area contributed by atoms with Gasteiger partial charge in [-0.15, -0.1) is 0 Å². The van der Waals surface area contributed by atoms with Gasteiger partial charge in [-0.05, 0) is 61.6 Å². The van der Waals surface area contributed by atoms with Crippen LogP contribution in [0.25, 0.3) is 6.08 Å². The Balaban J connectivity index is 1.28. The summed E-state index contributed by atoms with van der Waals surface area (Å²) in [5.74, 6) is 0.150. The van der Waals surface area contributed by atoms with Gasteiger partial charge in [-0.25, -0.2) is 0 Å². The van der Waals surface area contributed by atoms with Crippen molar-refractivity contribution in [1.82, 2.24) is 9.80 Å². The van der Waals surface area contributed by atoms with Crippen LogP contribution in [0.15, 0.2) is 71.6 Å². The third-order valence-corrected chi connectivity index (χ3v) is 10.2. The zero-order chi connectivity index (χ0) is 28.4. The van der Waals surface area contributed by atoms with E-state index in [2.05, 4.69) is 17.0 Å². The first-order chi connectivity index (χ1) is 19.9. The van der Waals surface area contributed by atoms with Crippen LogP contribution in [0, 0.1) is 10.1 Å². The number of phenols is 1. The number of nitro groups is 1. The Bertz CT molecular complexity index is 1520. The van der Waals surface area contributed by atoms with Crippen LogP contribution in [0.2, 0.25) is 0 Å². The maximum absolute atomic E-state index is 13.4. The molecule has 7 rings (SSSR count). The molecule has 1 spiro atoms. The first-order valence-corrected chi connectivity index (χ1v) is 14.3. The van der Waals surface area contributed by atoms with Crippen molar-refractivity contribution in [3.63, 3.8) is 0 Å². The van der Waals surface area contributed by atoms with Crippen molar-refractivity contribution in [3.05, 3.63) is 99.5 Å². The Morgan fingerprint density at radius 3 is 2.80 bits per heavy atom. The molecule has 41 heavy (non-hydrogen) atoms. The standard InChI is InChI=1S/C32H33N3O6/c1-33(27(37)10-7-22-13-18-40-20-22)24-11-14-32(35(38)39)26-19-23-8-9-25(36)29-28(23)31(32,30(24)41-29)15-17-34(26)16-12-21-5-3-2-4-6-21/h2-10,13,18,20,24,26,30,36H,11-12,14-17,19H2,1H3/b10-7+/t24-,26+,30-,31-,32+/m0/s1. The minimum absolute atomic E-state index is 0.00214. The second-order valence-corrected chi connectivity index (χ2v) is 11.8. The van der Waals surface area contributed by atoms with E-state index >= 15 is 0 Å². The van der Waals surface area contributed by atoms with Gasteiger partial charge in [0, 0.05) is 42.1 Å². The smallest absolute Gasteiger partial charge is 0.251 e. The molecular formula is C32H33N3O6. The molecule has 5 atom stereocenters. The third kappa shape index (κ3) is 3.61. The zero-order valence-corrected chi connectivity index (χ0v) is 22.9. The van der Waals surface area contributed by atoms with E-state index in [9.17, 15) is 20.0 Å². The zero-order valence-electron chi connectivity index (χ0n) is 22.9. The molecule has 2 aliphatic heterocycles. The van der Waals surface area contributed by atoms with Crippen LogP contribution in [0.5, 0.6) is 11.5 Å². The SMILES string of the molecule is CN(C(=O)/C=C/c1ccoc1)[C@H]1CC[C@@]2([N+](=O)[O-])[C@H]3Cc4ccc(O)c5c4[C@@]2(CCN3CCc2ccccc2)[C@H]1O5. The summed E-state index contributed by atoms with van der Waals surface area (Å²) in [7, 11) is 1.74. The number of likely N-dealkylation sites (N-methyl/N-ethyl adjacent to an activating group) is 1. The highest BCUT2D eigenvalue weighted by atomic mass is 16.6. The molecule has 0 radical (unpaired) electrons. The summed E-state index contributed by atoms with van der Waals surface area (Å²) in [5.41, 5.74) is 1.54. The molecule has 1 saturated heterocycles. The minimum atomic E-state index is -1.29. The second kappa shape index (κ2) is 9.48. The van der Waals surface area contributed by atoms with Crippen LogP contribution in [0.1, 0.15) is 41.5 Å². The number of furan rings is 1. The highest BCUT2D eigenvalue weighted by molar-refractivity contribution is 5.92. The molecule has 2 aromatic carbocycles. The Labute approximate surface area is 238 Å². The van der Waals surface area contributed by atoms with Crippen molar-refractivity contribution >= 4 is 12.0 Å². The van der Waals surface area contributed by atoms with Gasteiger partial charge in [0.25, 0.3) is 5.54 Å². The van der Waals surface area contributed by atoms with Crippen molar-refractivity contribution in [2.24, 2.45) is 0 Å². The number of carbonyl (C=O) groups is 1. The van der Waals surface area contributed by atoms with E-state index in [1.165, 1.54) is 11.6 Å². The highest BCUT2D eigenvalue weighted by Crippen LogP contribution is 2.66. The van der Waals surface area contributed by atoms with Gasteiger partial charge in [0.15, 0.2) is 11.5 Å². The topological polar surface area (TPSA) is 109 Å². The predicted octanol–water partition coefficient (Wildman–Crippen LogP) is 4.21. The van der Waals surface area contributed by atoms with Gasteiger partial charge in [0.1, 0.15) is 11.5 Å². The van der Waals surface area contributed by atoms with E-state index < -0.39 is 17.1 Å². The Kier molecular flexibility index (Phi) is 5.97. The van der Waals surface area contributed by atoms with Crippen molar-refractivity contribution in [2.45, 2.75) is 61.2 Å². The maximum atomic E-state index is 13.4. The summed E-state index contributed by atoms with van der Waals surface area (Å²) in [4.78, 5) is 30.7. The third-order valence-electron chi connectivity index (χ3n) is 10.2. The van der Waals surface area contributed by atoms with E-state index in [0.29, 0.717) is 38.0 Å². The quantitative estimate of drug-likeness (QED) is 0.264. The Morgan fingerprint density at radius 2 is 2.05 bits per heavy atom. The van der Waals surface area contributed by atoms with Crippen LogP contribution >= 0.6 is 0 Å². The lowest BCUT2D eigenvalue weighted by Crippen LogP contribution is -2.80. The number of amides is 1. The van der Waals surface area contributed by atoms with Crippen LogP contribution in [0.4, 0.5) is 0 Å². The van der Waals surface area contributed by atoms with Crippen molar-refractivity contribution < 1.29 is 24.0 Å². The monoisotopic (exact) mass is 555 g/mol. The molecule has 9 heteroatoms. The van der Waals surface area contributed by atoms with Gasteiger partial charge in [-0.3, -0.25) is 19.8 Å². The van der Waals surface area contributed by atoms with Crippen molar-refractivity contribution in [2.75, 3.05) is 20.1 Å². The summed E-state index contributed by atoms with van der Waals surface area (Å²) in [6, 6.07) is 14.8. The lowest BCUT2D eigenvalue weighted by atomic mass is 9.46. The van der Waals surface area contributed by atoms with Gasteiger partial charge in [-0.1, -0.05) is 36.4 Å². The lowest BCUT2D eigenvalue weighted by Gasteiger charge is -2.61. The fourth-order valence-electron chi connectivity index (χ4n) is 8.38. The number of benzene rings is 2. The molecule has 1 N–H and O–H groups in total. The molecule has 3 aromatic rings. The lowest BCUT2D eigenvalue weighted by molar-refractivity contribution is -0.606. The average molecular weight is 556 g/mol. The van der Waals surface area contributed by atoms with Crippen LogP contribution in [-0.4, -0.2) is 69.6 Å². The first kappa shape index (κ1) is 25.8. The number of phenolic OH excluding ortho intramolecular Hbond substituents is 1. The summed E-state index contributed by atoms with van der Waals surface area (Å²) >= 11 is 0. The Morgan fingerprint density at radius 1 is 1.22 bits per heavy atom. The molecule has 2 aliphatic carbocycles. The van der Waals surface area contributed by atoms with E-state index in [4.69, 9.17) is 9.15 Å². The van der Waals surface area contributed by atoms with E-state index in [-0.39, 0.29) is 28.7 Å². The van der Waals surface area contributed by atoms with Gasteiger partial charge in [0.05, 0.1) is 24.6 Å². The molecule has 1 amide bonds. The van der Waals surface area contributed by atoms with Gasteiger partial charge >= 0.3 is 0 Å². The van der Waals surface area contributed by atoms with Crippen LogP contribution in [0.3, 0.4) is 0 Å². The van der Waals surface area contributed by atoms with Crippen molar-refractivity contribution in [3.8, 4) is 11.5 Å². The molecule has 212 valence electrons. The summed E-state index contributed by atoms with van der Waals surface area (Å²) < 4.78 is 11.7. The minimum Gasteiger partial charge on any atom is -0.504 e. The maximum Gasteiger partial charge on any atom is 0.251 e. The number of piperidine rings is 1. The fraction of sp³-hybridized carbons (Fsp3) is 0.406. The number of carbonyl (C=O) groups excluding carboxylic acids is 1. The van der Waals surface area contributed by atoms with Gasteiger partial charge in [0.2, 0.25) is 5.91 Å². The molecule has 2 bridgehead atoms. The number of nitrogens with zero attached hydrogens (tertiary/aromatic N) is 3. The van der Waals surface area contributed by atoms with E-state index in [0.717, 1.165) is 29.7 Å². The molecule has 9 nitrogen and oxygen atoms in total. The average Bonchev–Trinajstić information content (AvgIpc) is 3.63. The van der Waals surface area contributed by atoms with Gasteiger partial charge < -0.3 is 19.2 Å². The molecule has 1 saturated carbocycles. The summed E-state index contributed by atoms with van der Waals surface area (Å²) in [6.07, 6.45) is 8.29. The number of aromatic hydroxyl groups is 1. The molecule has 2 fully saturated rings. The summed E-state index contributed by atoms with van der Waals surface area (Å²) in [5, 5.41) is 24.3. The fourth-order valence-corrected chi connectivity index (χ4v) is 8.38. The largest absolute Gasteiger partial charge is 0.504 e. The Hall–Kier alpha value is -4.11. The first-order valence-electron chi connectivity index (χ1n) is 14.3. The molecule has 1 aromatic heterocycles. The number of hydrogen-bond acceptors (Lipinski definition) is 7. The second-order valence-electron chi connectivity index (χ2n) is 11.8. The van der Waals surface area contributed by atoms with Crippen molar-refractivity contribution in [1.29, 1.82) is 0 Å². The molecular weight excluding hydrogens is 522 g/mol. The van der Waals surface area contributed by atoms with Crippen LogP contribution in [-0.2, 0) is 23.1 Å². The molecule has 4 aliphatic rings. The predicted molar refractivity (Wildman–Crippen MR) is 151 cm³/mol. The molecule has 0 unspecified atom stereocenters. The van der Waals surface area contributed by atoms with E-state index in [1.54, 1.807) is 42.7 Å². The van der Waals surface area contributed by atoms with E-state index in [1.807, 2.05) is 24.3 Å².